The van der Waals surface area contributed by atoms with E-state index in [-0.39, 0.29) is 16.9 Å². The van der Waals surface area contributed by atoms with Gasteiger partial charge in [-0.25, -0.2) is 4.68 Å². The van der Waals surface area contributed by atoms with Crippen LogP contribution in [0.5, 0.6) is 0 Å². The van der Waals surface area contributed by atoms with Gasteiger partial charge in [-0.3, -0.25) is 19.3 Å². The number of hydrogen-bond donors (Lipinski definition) is 4. The van der Waals surface area contributed by atoms with Gasteiger partial charge in [0.1, 0.15) is 17.1 Å². The largest absolute Gasteiger partial charge is 0.381 e. The topological polar surface area (TPSA) is 150 Å². The van der Waals surface area contributed by atoms with E-state index in [0.29, 0.717) is 17.7 Å². The smallest absolute Gasteiger partial charge is 0.264 e. The maximum absolute atomic E-state index is 13.4. The number of fused-ring (bicyclic) bond motifs is 2. The van der Waals surface area contributed by atoms with E-state index in [4.69, 9.17) is 11.5 Å². The van der Waals surface area contributed by atoms with Crippen molar-refractivity contribution in [3.05, 3.63) is 106 Å². The standard InChI is InChI=1S/C22H17N3O.C7H9N5O/c1-2-19-15-17-8-6-7-16(11-12-18-13-14-23-24-18)21(17)22(26)25(19)20-9-4-3-5-10-20;8-5-4(6(9)13)7-10-2-1-3-12(7)11-5/h3-10,13-15H,2H2,1H3,(H,23,24);1,3,10H,2H2,(H2,8,11)(H2,9,13). The number of nitrogens with one attached hydrogen (secondary N) is 2. The molecular weight excluding hydrogens is 492 g/mol. The molecule has 1 amide bonds. The molecule has 1 aliphatic heterocycles. The minimum absolute atomic E-state index is 0.0416. The van der Waals surface area contributed by atoms with Gasteiger partial charge in [-0.2, -0.15) is 5.10 Å². The van der Waals surface area contributed by atoms with Gasteiger partial charge in [0, 0.05) is 35.9 Å². The van der Waals surface area contributed by atoms with Crippen molar-refractivity contribution in [2.24, 2.45) is 5.73 Å². The number of primary amides is 1. The molecule has 3 aromatic heterocycles. The van der Waals surface area contributed by atoms with E-state index in [1.54, 1.807) is 23.0 Å². The van der Waals surface area contributed by atoms with Crippen LogP contribution in [0.2, 0.25) is 0 Å². The summed E-state index contributed by atoms with van der Waals surface area (Å²) >= 11 is 0. The normalized spacial score (nSPS) is 11.5. The SMILES string of the molecule is CCc1cc2cccc(C#Cc3ccn[nH]3)c2c(=O)n1-c1ccccc1.NC(=O)c1c(N)nn2c1NCC=C2. The molecule has 0 bridgehead atoms. The Morgan fingerprint density at radius 1 is 1.10 bits per heavy atom. The van der Waals surface area contributed by atoms with E-state index in [9.17, 15) is 9.59 Å². The lowest BCUT2D eigenvalue weighted by Gasteiger charge is -2.14. The van der Waals surface area contributed by atoms with Crippen molar-refractivity contribution in [2.75, 3.05) is 17.6 Å². The molecule has 194 valence electrons. The fraction of sp³-hybridized carbons (Fsp3) is 0.103. The van der Waals surface area contributed by atoms with Crippen LogP contribution in [0.3, 0.4) is 0 Å². The summed E-state index contributed by atoms with van der Waals surface area (Å²) in [6.07, 6.45) is 6.02. The number of nitrogen functional groups attached to an aromatic ring is 1. The molecule has 0 saturated heterocycles. The first-order valence-electron chi connectivity index (χ1n) is 12.3. The molecule has 10 heteroatoms. The number of hydrogen-bond acceptors (Lipinski definition) is 6. The van der Waals surface area contributed by atoms with Crippen molar-refractivity contribution in [3.63, 3.8) is 0 Å². The molecule has 1 aliphatic rings. The van der Waals surface area contributed by atoms with E-state index < -0.39 is 5.91 Å². The molecule has 2 aromatic carbocycles. The van der Waals surface area contributed by atoms with Gasteiger partial charge in [0.05, 0.1) is 5.39 Å². The first-order chi connectivity index (χ1) is 19.0. The molecule has 0 unspecified atom stereocenters. The third-order valence-corrected chi connectivity index (χ3v) is 6.15. The molecule has 10 nitrogen and oxygen atoms in total. The summed E-state index contributed by atoms with van der Waals surface area (Å²) in [5, 5.41) is 15.2. The molecule has 4 heterocycles. The van der Waals surface area contributed by atoms with E-state index in [1.165, 1.54) is 4.68 Å². The maximum atomic E-state index is 13.4. The zero-order valence-electron chi connectivity index (χ0n) is 21.2. The molecule has 0 spiro atoms. The molecule has 5 aromatic rings. The van der Waals surface area contributed by atoms with E-state index in [1.807, 2.05) is 54.6 Å². The number of nitrogens with two attached hydrogens (primary N) is 2. The van der Waals surface area contributed by atoms with Crippen molar-refractivity contribution in [3.8, 4) is 17.5 Å². The third-order valence-electron chi connectivity index (χ3n) is 6.15. The Balaban J connectivity index is 0.000000198. The highest BCUT2D eigenvalue weighted by molar-refractivity contribution is 6.02. The number of carbonyl (C=O) groups excluding carboxylic acids is 1. The molecule has 0 atom stereocenters. The molecule has 6 rings (SSSR count). The number of carbonyl (C=O) groups is 1. The molecule has 39 heavy (non-hydrogen) atoms. The number of rotatable bonds is 3. The van der Waals surface area contributed by atoms with Crippen LogP contribution in [0.1, 0.15) is 34.2 Å². The predicted octanol–water partition coefficient (Wildman–Crippen LogP) is 3.14. The van der Waals surface area contributed by atoms with Gasteiger partial charge in [-0.05, 0) is 54.1 Å². The van der Waals surface area contributed by atoms with Crippen molar-refractivity contribution in [1.29, 1.82) is 0 Å². The Bertz CT molecular complexity index is 1800. The van der Waals surface area contributed by atoms with E-state index in [0.717, 1.165) is 34.4 Å². The van der Waals surface area contributed by atoms with Crippen LogP contribution in [0, 0.1) is 11.8 Å². The van der Waals surface area contributed by atoms with Gasteiger partial charge in [-0.1, -0.05) is 43.2 Å². The Kier molecular flexibility index (Phi) is 6.96. The lowest BCUT2D eigenvalue weighted by Crippen LogP contribution is -2.22. The number of pyridine rings is 1. The van der Waals surface area contributed by atoms with Crippen molar-refractivity contribution < 1.29 is 4.79 Å². The lowest BCUT2D eigenvalue weighted by atomic mass is 10.0. The summed E-state index contributed by atoms with van der Waals surface area (Å²) in [5.74, 6) is 6.29. The minimum atomic E-state index is -0.568. The van der Waals surface area contributed by atoms with Gasteiger partial charge in [-0.15, -0.1) is 5.10 Å². The quantitative estimate of drug-likeness (QED) is 0.270. The second kappa shape index (κ2) is 10.8. The fourth-order valence-electron chi connectivity index (χ4n) is 4.38. The number of para-hydroxylation sites is 1. The van der Waals surface area contributed by atoms with Gasteiger partial charge in [0.2, 0.25) is 0 Å². The Morgan fingerprint density at radius 3 is 2.64 bits per heavy atom. The summed E-state index contributed by atoms with van der Waals surface area (Å²) in [7, 11) is 0. The van der Waals surface area contributed by atoms with Crippen LogP contribution in [0.25, 0.3) is 22.7 Å². The molecule has 0 radical (unpaired) electrons. The zero-order chi connectivity index (χ0) is 27.4. The highest BCUT2D eigenvalue weighted by Gasteiger charge is 2.20. The van der Waals surface area contributed by atoms with Gasteiger partial charge < -0.3 is 16.8 Å². The average molecular weight is 519 g/mol. The second-order valence-corrected chi connectivity index (χ2v) is 8.64. The third kappa shape index (κ3) is 5.01. The number of benzene rings is 2. The van der Waals surface area contributed by atoms with Gasteiger partial charge in [0.15, 0.2) is 5.82 Å². The van der Waals surface area contributed by atoms with E-state index in [2.05, 4.69) is 45.4 Å². The highest BCUT2D eigenvalue weighted by Crippen LogP contribution is 2.23. The van der Waals surface area contributed by atoms with Crippen LogP contribution in [-0.4, -0.2) is 37.0 Å². The van der Waals surface area contributed by atoms with Gasteiger partial charge >= 0.3 is 0 Å². The number of anilines is 2. The zero-order valence-corrected chi connectivity index (χ0v) is 21.2. The summed E-state index contributed by atoms with van der Waals surface area (Å²) < 4.78 is 3.28. The lowest BCUT2D eigenvalue weighted by molar-refractivity contribution is 0.100. The van der Waals surface area contributed by atoms with Crippen molar-refractivity contribution >= 4 is 34.5 Å². The average Bonchev–Trinajstić information content (AvgIpc) is 3.59. The summed E-state index contributed by atoms with van der Waals surface area (Å²) in [4.78, 5) is 24.3. The first kappa shape index (κ1) is 25.1. The number of aromatic amines is 1. The molecule has 0 aliphatic carbocycles. The maximum Gasteiger partial charge on any atom is 0.264 e. The van der Waals surface area contributed by atoms with Crippen molar-refractivity contribution in [1.82, 2.24) is 24.5 Å². The highest BCUT2D eigenvalue weighted by atomic mass is 16.1. The number of amides is 1. The Hall–Kier alpha value is -5.56. The van der Waals surface area contributed by atoms with Crippen LogP contribution in [0.15, 0.2) is 77.7 Å². The molecule has 0 saturated carbocycles. The summed E-state index contributed by atoms with van der Waals surface area (Å²) in [6, 6.07) is 19.4. The van der Waals surface area contributed by atoms with Crippen LogP contribution in [-0.2, 0) is 6.42 Å². The number of H-pyrrole nitrogens is 1. The Labute approximate surface area is 224 Å². The fourth-order valence-corrected chi connectivity index (χ4v) is 4.38. The molecule has 6 N–H and O–H groups in total. The number of aryl methyl sites for hydroxylation is 1. The minimum Gasteiger partial charge on any atom is -0.381 e. The number of nitrogens with zero attached hydrogens (tertiary/aromatic N) is 4. The van der Waals surface area contributed by atoms with E-state index >= 15 is 0 Å². The van der Waals surface area contributed by atoms with Crippen LogP contribution < -0.4 is 22.3 Å². The Morgan fingerprint density at radius 2 is 1.92 bits per heavy atom. The first-order valence-corrected chi connectivity index (χ1v) is 12.3. The van der Waals surface area contributed by atoms with Crippen LogP contribution in [0.4, 0.5) is 11.6 Å². The summed E-state index contributed by atoms with van der Waals surface area (Å²) in [5.41, 5.74) is 14.2. The van der Waals surface area contributed by atoms with Crippen LogP contribution >= 0.6 is 0 Å². The predicted molar refractivity (Wildman–Crippen MR) is 152 cm³/mol. The summed E-state index contributed by atoms with van der Waals surface area (Å²) in [6.45, 7) is 2.70. The number of aromatic nitrogens is 5. The molecular formula is C29H26N8O2. The monoisotopic (exact) mass is 518 g/mol. The molecule has 0 fully saturated rings. The van der Waals surface area contributed by atoms with Gasteiger partial charge in [0.25, 0.3) is 11.5 Å². The second-order valence-electron chi connectivity index (χ2n) is 8.64. The van der Waals surface area contributed by atoms with Crippen molar-refractivity contribution in [2.45, 2.75) is 13.3 Å².